The normalized spacial score (nSPS) is 10.3. The molecule has 2 aromatic rings. The second-order valence-corrected chi connectivity index (χ2v) is 4.77. The Morgan fingerprint density at radius 3 is 2.62 bits per heavy atom. The molecule has 0 radical (unpaired) electrons. The molecule has 0 unspecified atom stereocenters. The lowest BCUT2D eigenvalue weighted by molar-refractivity contribution is 0.0694. The third kappa shape index (κ3) is 1.96. The number of hydrogen-bond donors (Lipinski definition) is 2. The van der Waals surface area contributed by atoms with Crippen LogP contribution in [0.5, 0.6) is 5.75 Å². The van der Waals surface area contributed by atoms with Gasteiger partial charge in [0.05, 0.1) is 0 Å². The van der Waals surface area contributed by atoms with E-state index in [1.165, 1.54) is 23.5 Å². The summed E-state index contributed by atoms with van der Waals surface area (Å²) in [6, 6.07) is 4.54. The summed E-state index contributed by atoms with van der Waals surface area (Å²) in [5, 5.41) is 22.1. The van der Waals surface area contributed by atoms with Crippen molar-refractivity contribution in [3.8, 4) is 16.9 Å². The van der Waals surface area contributed by atoms with Crippen LogP contribution in [0.4, 0.5) is 0 Å². The number of thiophene rings is 1. The number of carboxylic acid groups (broad SMARTS) is 1. The smallest absolute Gasteiger partial charge is 0.339 e. The van der Waals surface area contributed by atoms with Crippen molar-refractivity contribution >= 4 is 33.2 Å². The van der Waals surface area contributed by atoms with Crippen molar-refractivity contribution in [2.45, 2.75) is 0 Å². The molecule has 1 heterocycles. The summed E-state index contributed by atoms with van der Waals surface area (Å²) in [6.45, 7) is 0. The van der Waals surface area contributed by atoms with Gasteiger partial charge in [0.25, 0.3) is 0 Å². The number of aromatic hydroxyl groups is 1. The minimum atomic E-state index is -1.13. The molecule has 0 bridgehead atoms. The second-order valence-electron chi connectivity index (χ2n) is 3.17. The van der Waals surface area contributed by atoms with Crippen molar-refractivity contribution in [1.82, 2.24) is 0 Å². The van der Waals surface area contributed by atoms with E-state index in [-0.39, 0.29) is 11.3 Å². The van der Waals surface area contributed by atoms with Gasteiger partial charge >= 0.3 is 5.97 Å². The Morgan fingerprint density at radius 2 is 2.06 bits per heavy atom. The van der Waals surface area contributed by atoms with E-state index < -0.39 is 5.97 Å². The van der Waals surface area contributed by atoms with E-state index in [0.717, 1.165) is 15.6 Å². The highest BCUT2D eigenvalue weighted by Crippen LogP contribution is 2.33. The van der Waals surface area contributed by atoms with E-state index in [4.69, 9.17) is 5.11 Å². The van der Waals surface area contributed by atoms with Gasteiger partial charge in [-0.15, -0.1) is 0 Å². The Kier molecular flexibility index (Phi) is 2.98. The zero-order valence-corrected chi connectivity index (χ0v) is 10.4. The molecule has 0 aliphatic heterocycles. The Labute approximate surface area is 104 Å². The highest BCUT2D eigenvalue weighted by molar-refractivity contribution is 9.10. The van der Waals surface area contributed by atoms with Gasteiger partial charge in [0.1, 0.15) is 11.3 Å². The van der Waals surface area contributed by atoms with E-state index in [9.17, 15) is 9.90 Å². The number of carboxylic acids is 1. The number of rotatable bonds is 2. The first kappa shape index (κ1) is 11.2. The average Bonchev–Trinajstić information content (AvgIpc) is 2.65. The highest BCUT2D eigenvalue weighted by atomic mass is 79.9. The second kappa shape index (κ2) is 4.27. The number of carbonyl (C=O) groups is 1. The number of halogens is 1. The van der Waals surface area contributed by atoms with Crippen LogP contribution in [0.15, 0.2) is 33.4 Å². The first-order valence-electron chi connectivity index (χ1n) is 4.38. The zero-order valence-electron chi connectivity index (χ0n) is 7.98. The maximum absolute atomic E-state index is 10.9. The molecule has 1 aromatic carbocycles. The third-order valence-corrected chi connectivity index (χ3v) is 3.86. The fraction of sp³-hybridized carbons (Fsp3) is 0. The predicted molar refractivity (Wildman–Crippen MR) is 66.1 cm³/mol. The lowest BCUT2D eigenvalue weighted by Crippen LogP contribution is -1.96. The first-order chi connectivity index (χ1) is 7.59. The molecule has 3 nitrogen and oxygen atoms in total. The van der Waals surface area contributed by atoms with Gasteiger partial charge in [-0.3, -0.25) is 0 Å². The van der Waals surface area contributed by atoms with Crippen molar-refractivity contribution in [1.29, 1.82) is 0 Å². The Morgan fingerprint density at radius 1 is 1.31 bits per heavy atom. The topological polar surface area (TPSA) is 57.5 Å². The molecule has 2 N–H and O–H groups in total. The SMILES string of the molecule is O=C(O)c1cc(-c2cscc2Br)ccc1O. The molecular weight excluding hydrogens is 292 g/mol. The maximum Gasteiger partial charge on any atom is 0.339 e. The largest absolute Gasteiger partial charge is 0.507 e. The molecule has 0 aliphatic rings. The molecule has 16 heavy (non-hydrogen) atoms. The lowest BCUT2D eigenvalue weighted by Gasteiger charge is -2.03. The Balaban J connectivity index is 2.56. The van der Waals surface area contributed by atoms with E-state index >= 15 is 0 Å². The number of aromatic carboxylic acids is 1. The standard InChI is InChI=1S/C11H7BrO3S/c12-9-5-16-4-8(9)6-1-2-10(13)7(3-6)11(14)15/h1-5,13H,(H,14,15). The molecule has 5 heteroatoms. The van der Waals surface area contributed by atoms with Crippen LogP contribution in [0.3, 0.4) is 0 Å². The van der Waals surface area contributed by atoms with Crippen LogP contribution >= 0.6 is 27.3 Å². The monoisotopic (exact) mass is 298 g/mol. The molecular formula is C11H7BrO3S. The summed E-state index contributed by atoms with van der Waals surface area (Å²) >= 11 is 4.91. The van der Waals surface area contributed by atoms with Gasteiger partial charge in [0.2, 0.25) is 0 Å². The maximum atomic E-state index is 10.9. The minimum Gasteiger partial charge on any atom is -0.507 e. The lowest BCUT2D eigenvalue weighted by atomic mass is 10.1. The Hall–Kier alpha value is -1.33. The average molecular weight is 299 g/mol. The van der Waals surface area contributed by atoms with Gasteiger partial charge in [-0.1, -0.05) is 6.07 Å². The summed E-state index contributed by atoms with van der Waals surface area (Å²) in [5.41, 5.74) is 1.60. The van der Waals surface area contributed by atoms with Crippen LogP contribution < -0.4 is 0 Å². The number of hydrogen-bond acceptors (Lipinski definition) is 3. The van der Waals surface area contributed by atoms with Gasteiger partial charge in [-0.2, -0.15) is 11.3 Å². The van der Waals surface area contributed by atoms with Gasteiger partial charge in [-0.25, -0.2) is 4.79 Å². The molecule has 0 aliphatic carbocycles. The summed E-state index contributed by atoms with van der Waals surface area (Å²) in [7, 11) is 0. The third-order valence-electron chi connectivity index (χ3n) is 2.15. The Bertz CT molecular complexity index is 548. The van der Waals surface area contributed by atoms with Crippen molar-refractivity contribution in [2.24, 2.45) is 0 Å². The van der Waals surface area contributed by atoms with Crippen LogP contribution in [-0.2, 0) is 0 Å². The summed E-state index contributed by atoms with van der Waals surface area (Å²) in [4.78, 5) is 10.9. The summed E-state index contributed by atoms with van der Waals surface area (Å²) in [5.74, 6) is -1.35. The summed E-state index contributed by atoms with van der Waals surface area (Å²) in [6.07, 6.45) is 0. The van der Waals surface area contributed by atoms with Gasteiger partial charge in [-0.05, 0) is 39.0 Å². The predicted octanol–water partition coefficient (Wildman–Crippen LogP) is 3.58. The van der Waals surface area contributed by atoms with E-state index in [2.05, 4.69) is 15.9 Å². The molecule has 82 valence electrons. The van der Waals surface area contributed by atoms with Crippen LogP contribution in [0, 0.1) is 0 Å². The molecule has 2 rings (SSSR count). The molecule has 0 spiro atoms. The van der Waals surface area contributed by atoms with Crippen molar-refractivity contribution in [2.75, 3.05) is 0 Å². The first-order valence-corrected chi connectivity index (χ1v) is 6.11. The van der Waals surface area contributed by atoms with Gasteiger partial charge in [0, 0.05) is 15.4 Å². The molecule has 0 atom stereocenters. The van der Waals surface area contributed by atoms with Crippen molar-refractivity contribution in [3.05, 3.63) is 39.0 Å². The van der Waals surface area contributed by atoms with E-state index in [1.807, 2.05) is 10.8 Å². The molecule has 0 saturated carbocycles. The highest BCUT2D eigenvalue weighted by Gasteiger charge is 2.12. The van der Waals surface area contributed by atoms with Crippen LogP contribution in [-0.4, -0.2) is 16.2 Å². The summed E-state index contributed by atoms with van der Waals surface area (Å²) < 4.78 is 0.916. The van der Waals surface area contributed by atoms with E-state index in [0.29, 0.717) is 0 Å². The molecule has 0 amide bonds. The van der Waals surface area contributed by atoms with E-state index in [1.54, 1.807) is 6.07 Å². The van der Waals surface area contributed by atoms with Crippen molar-refractivity contribution in [3.63, 3.8) is 0 Å². The van der Waals surface area contributed by atoms with Gasteiger partial charge in [0.15, 0.2) is 0 Å². The van der Waals surface area contributed by atoms with Crippen LogP contribution in [0.25, 0.3) is 11.1 Å². The number of phenols is 1. The molecule has 0 fully saturated rings. The van der Waals surface area contributed by atoms with Gasteiger partial charge < -0.3 is 10.2 Å². The fourth-order valence-electron chi connectivity index (χ4n) is 1.36. The zero-order chi connectivity index (χ0) is 11.7. The van der Waals surface area contributed by atoms with Crippen LogP contribution in [0.2, 0.25) is 0 Å². The number of benzene rings is 1. The fourth-order valence-corrected chi connectivity index (χ4v) is 2.89. The molecule has 0 saturated heterocycles. The molecule has 1 aromatic heterocycles. The quantitative estimate of drug-likeness (QED) is 0.891. The van der Waals surface area contributed by atoms with Crippen LogP contribution in [0.1, 0.15) is 10.4 Å². The van der Waals surface area contributed by atoms with Crippen molar-refractivity contribution < 1.29 is 15.0 Å². The minimum absolute atomic E-state index is 0.0874.